The van der Waals surface area contributed by atoms with Crippen molar-refractivity contribution in [2.75, 3.05) is 19.6 Å². The van der Waals surface area contributed by atoms with E-state index in [0.29, 0.717) is 46.5 Å². The van der Waals surface area contributed by atoms with Gasteiger partial charge in [0.2, 0.25) is 11.8 Å². The third-order valence-electron chi connectivity index (χ3n) is 6.09. The Morgan fingerprint density at radius 2 is 1.85 bits per heavy atom. The zero-order valence-corrected chi connectivity index (χ0v) is 21.2. The Morgan fingerprint density at radius 3 is 2.58 bits per heavy atom. The summed E-state index contributed by atoms with van der Waals surface area (Å²) in [5, 5.41) is 0.738. The molecule has 2 fully saturated rings. The number of nitrogens with zero attached hydrogens (tertiary/aromatic N) is 2. The smallest absolute Gasteiger partial charge is 0.250 e. The number of hydrogen-bond donors (Lipinski definition) is 1. The van der Waals surface area contributed by atoms with Crippen LogP contribution in [-0.4, -0.2) is 61.7 Å². The van der Waals surface area contributed by atoms with Crippen LogP contribution >= 0.6 is 34.5 Å². The average Bonchev–Trinajstić information content (AvgIpc) is 3.43. The van der Waals surface area contributed by atoms with Crippen LogP contribution < -0.4 is 4.72 Å². The monoisotopic (exact) mass is 529 g/mol. The van der Waals surface area contributed by atoms with Crippen LogP contribution in [0.5, 0.6) is 0 Å². The van der Waals surface area contributed by atoms with Crippen LogP contribution in [0, 0.1) is 0 Å². The van der Waals surface area contributed by atoms with Gasteiger partial charge in [0, 0.05) is 30.1 Å². The summed E-state index contributed by atoms with van der Waals surface area (Å²) in [7, 11) is -3.93. The van der Waals surface area contributed by atoms with Crippen LogP contribution in [0.15, 0.2) is 34.5 Å². The van der Waals surface area contributed by atoms with Crippen molar-refractivity contribution in [3.8, 4) is 10.4 Å². The van der Waals surface area contributed by atoms with Gasteiger partial charge in [-0.1, -0.05) is 35.3 Å². The van der Waals surface area contributed by atoms with Gasteiger partial charge in [-0.05, 0) is 50.8 Å². The molecule has 3 heterocycles. The first-order valence-electron chi connectivity index (χ1n) is 10.8. The molecule has 0 aliphatic carbocycles. The predicted molar refractivity (Wildman–Crippen MR) is 130 cm³/mol. The van der Waals surface area contributed by atoms with Gasteiger partial charge >= 0.3 is 0 Å². The molecule has 4 rings (SSSR count). The lowest BCUT2D eigenvalue weighted by Crippen LogP contribution is -2.51. The van der Waals surface area contributed by atoms with E-state index in [1.165, 1.54) is 11.0 Å². The van der Waals surface area contributed by atoms with Crippen molar-refractivity contribution in [3.05, 3.63) is 40.4 Å². The molecule has 0 spiro atoms. The van der Waals surface area contributed by atoms with Gasteiger partial charge in [0.25, 0.3) is 10.0 Å². The van der Waals surface area contributed by atoms with Crippen LogP contribution in [0.2, 0.25) is 10.0 Å². The molecular formula is C22H25Cl2N3O4S2. The van der Waals surface area contributed by atoms with Gasteiger partial charge in [-0.25, -0.2) is 8.42 Å². The molecule has 0 bridgehead atoms. The Bertz CT molecular complexity index is 1160. The first-order valence-corrected chi connectivity index (χ1v) is 13.9. The number of piperidine rings is 1. The van der Waals surface area contributed by atoms with E-state index in [2.05, 4.69) is 4.72 Å². The van der Waals surface area contributed by atoms with Gasteiger partial charge in [-0.3, -0.25) is 9.59 Å². The zero-order chi connectivity index (χ0) is 23.8. The highest BCUT2D eigenvalue weighted by Crippen LogP contribution is 2.38. The second-order valence-electron chi connectivity index (χ2n) is 8.28. The van der Waals surface area contributed by atoms with Gasteiger partial charge in [0.15, 0.2) is 0 Å². The summed E-state index contributed by atoms with van der Waals surface area (Å²) in [6.45, 7) is 3.46. The number of carbonyl (C=O) groups excluding carboxylic acids is 2. The highest BCUT2D eigenvalue weighted by atomic mass is 35.5. The van der Waals surface area contributed by atoms with Gasteiger partial charge in [-0.2, -0.15) is 4.72 Å². The number of carbonyl (C=O) groups is 2. The third-order valence-corrected chi connectivity index (χ3v) is 9.99. The molecule has 1 aromatic carbocycles. The number of halogens is 2. The maximum Gasteiger partial charge on any atom is 0.250 e. The lowest BCUT2D eigenvalue weighted by molar-refractivity contribution is -0.143. The standard InChI is InChI=1S/C22H25Cl2N3O4S2/c1-14(21(28)26-11-3-2-4-12-26)27-13-10-17(22(27)29)25-33(30,31)19-9-8-18(32-19)15-6-5-7-16(23)20(15)24/h5-9,14,17,25H,2-4,10-13H2,1H3/t14-,17-/m0/s1. The van der Waals surface area contributed by atoms with Gasteiger partial charge < -0.3 is 9.80 Å². The number of rotatable bonds is 6. The largest absolute Gasteiger partial charge is 0.341 e. The molecule has 1 N–H and O–H groups in total. The quantitative estimate of drug-likeness (QED) is 0.612. The predicted octanol–water partition coefficient (Wildman–Crippen LogP) is 4.00. The van der Waals surface area contributed by atoms with Crippen LogP contribution in [0.1, 0.15) is 32.6 Å². The molecule has 0 radical (unpaired) electrons. The molecule has 178 valence electrons. The van der Waals surface area contributed by atoms with Gasteiger partial charge in [0.1, 0.15) is 16.3 Å². The van der Waals surface area contributed by atoms with E-state index in [1.54, 1.807) is 36.1 Å². The Labute approximate surface area is 207 Å². The van der Waals surface area contributed by atoms with Crippen LogP contribution in [0.3, 0.4) is 0 Å². The van der Waals surface area contributed by atoms with Gasteiger partial charge in [-0.15, -0.1) is 11.3 Å². The summed E-state index contributed by atoms with van der Waals surface area (Å²) < 4.78 is 28.6. The fourth-order valence-corrected chi connectivity index (χ4v) is 7.29. The van der Waals surface area contributed by atoms with Crippen molar-refractivity contribution in [2.24, 2.45) is 0 Å². The van der Waals surface area contributed by atoms with Crippen molar-refractivity contribution >= 4 is 56.4 Å². The number of amides is 2. The number of hydrogen-bond acceptors (Lipinski definition) is 5. The minimum atomic E-state index is -3.93. The molecule has 0 saturated carbocycles. The maximum atomic E-state index is 13.0. The average molecular weight is 530 g/mol. The van der Waals surface area contributed by atoms with Crippen molar-refractivity contribution in [2.45, 2.75) is 48.9 Å². The van der Waals surface area contributed by atoms with E-state index >= 15 is 0 Å². The first-order chi connectivity index (χ1) is 15.7. The zero-order valence-electron chi connectivity index (χ0n) is 18.1. The van der Waals surface area contributed by atoms with Crippen LogP contribution in [-0.2, 0) is 19.6 Å². The summed E-state index contributed by atoms with van der Waals surface area (Å²) in [5.74, 6) is -0.445. The molecule has 2 aliphatic rings. The Balaban J connectivity index is 1.45. The van der Waals surface area contributed by atoms with E-state index in [9.17, 15) is 18.0 Å². The molecule has 0 unspecified atom stereocenters. The molecular weight excluding hydrogens is 505 g/mol. The number of nitrogens with one attached hydrogen (secondary N) is 1. The number of thiophene rings is 1. The van der Waals surface area contributed by atoms with Crippen molar-refractivity contribution in [3.63, 3.8) is 0 Å². The molecule has 33 heavy (non-hydrogen) atoms. The normalized spacial score (nSPS) is 20.3. The molecule has 11 heteroatoms. The van der Waals surface area contributed by atoms with Gasteiger partial charge in [0.05, 0.1) is 10.0 Å². The molecule has 7 nitrogen and oxygen atoms in total. The first kappa shape index (κ1) is 24.5. The molecule has 2 atom stereocenters. The number of benzene rings is 1. The summed E-state index contributed by atoms with van der Waals surface area (Å²) in [4.78, 5) is 29.7. The fraction of sp³-hybridized carbons (Fsp3) is 0.455. The van der Waals surface area contributed by atoms with E-state index in [-0.39, 0.29) is 16.0 Å². The number of sulfonamides is 1. The molecule has 2 amide bonds. The summed E-state index contributed by atoms with van der Waals surface area (Å²) in [5.41, 5.74) is 0.642. The van der Waals surface area contributed by atoms with Crippen LogP contribution in [0.25, 0.3) is 10.4 Å². The summed E-state index contributed by atoms with van der Waals surface area (Å²) in [6.07, 6.45) is 3.36. The second kappa shape index (κ2) is 9.92. The topological polar surface area (TPSA) is 86.8 Å². The molecule has 2 aromatic rings. The van der Waals surface area contributed by atoms with E-state index < -0.39 is 22.1 Å². The third kappa shape index (κ3) is 5.07. The SMILES string of the molecule is C[C@@H](C(=O)N1CCCCC1)N1CC[C@H](NS(=O)(=O)c2ccc(-c3cccc(Cl)c3Cl)s2)C1=O. The lowest BCUT2D eigenvalue weighted by atomic mass is 10.1. The molecule has 1 aromatic heterocycles. The van der Waals surface area contributed by atoms with Crippen molar-refractivity contribution in [1.29, 1.82) is 0 Å². The minimum absolute atomic E-state index is 0.0761. The van der Waals surface area contributed by atoms with E-state index in [0.717, 1.165) is 30.6 Å². The Hall–Kier alpha value is -1.65. The second-order valence-corrected chi connectivity index (χ2v) is 12.1. The summed E-state index contributed by atoms with van der Waals surface area (Å²) in [6, 6.07) is 6.82. The van der Waals surface area contributed by atoms with E-state index in [4.69, 9.17) is 23.2 Å². The van der Waals surface area contributed by atoms with Crippen LogP contribution in [0.4, 0.5) is 0 Å². The Morgan fingerprint density at radius 1 is 1.12 bits per heavy atom. The van der Waals surface area contributed by atoms with E-state index in [1.807, 2.05) is 0 Å². The highest BCUT2D eigenvalue weighted by Gasteiger charge is 2.40. The Kier molecular flexibility index (Phi) is 7.35. The molecule has 2 aliphatic heterocycles. The fourth-order valence-electron chi connectivity index (χ4n) is 4.26. The maximum absolute atomic E-state index is 13.0. The van der Waals surface area contributed by atoms with Crippen molar-refractivity contribution < 1.29 is 18.0 Å². The number of likely N-dealkylation sites (tertiary alicyclic amines) is 2. The minimum Gasteiger partial charge on any atom is -0.341 e. The summed E-state index contributed by atoms with van der Waals surface area (Å²) >= 11 is 13.4. The van der Waals surface area contributed by atoms with Crippen molar-refractivity contribution in [1.82, 2.24) is 14.5 Å². The highest BCUT2D eigenvalue weighted by molar-refractivity contribution is 7.91. The lowest BCUT2D eigenvalue weighted by Gasteiger charge is -2.32. The molecule has 2 saturated heterocycles.